The Morgan fingerprint density at radius 2 is 2.06 bits per heavy atom. The van der Waals surface area contributed by atoms with Gasteiger partial charge in [0, 0.05) is 35.6 Å². The molecule has 0 bridgehead atoms. The zero-order chi connectivity index (χ0) is 23.2. The van der Waals surface area contributed by atoms with Crippen LogP contribution in [0.5, 0.6) is 0 Å². The zero-order valence-electron chi connectivity index (χ0n) is 19.7. The monoisotopic (exact) mass is 428 g/mol. The van der Waals surface area contributed by atoms with Crippen LogP contribution in [0.25, 0.3) is 6.08 Å². The molecule has 1 fully saturated rings. The van der Waals surface area contributed by atoms with Gasteiger partial charge in [-0.1, -0.05) is 26.8 Å². The third kappa shape index (κ3) is 6.18. The molecule has 0 spiro atoms. The second-order valence-electron chi connectivity index (χ2n) is 8.79. The van der Waals surface area contributed by atoms with Gasteiger partial charge in [-0.15, -0.1) is 0 Å². The van der Waals surface area contributed by atoms with Gasteiger partial charge in [0.25, 0.3) is 0 Å². The van der Waals surface area contributed by atoms with Crippen LogP contribution in [-0.2, 0) is 11.2 Å². The molecule has 1 saturated heterocycles. The molecule has 1 aromatic rings. The van der Waals surface area contributed by atoms with Crippen molar-refractivity contribution in [3.63, 3.8) is 0 Å². The van der Waals surface area contributed by atoms with Crippen LogP contribution in [0.4, 0.5) is 0 Å². The average molecular weight is 429 g/mol. The lowest BCUT2D eigenvalue weighted by atomic mass is 9.82. The van der Waals surface area contributed by atoms with Crippen molar-refractivity contribution >= 4 is 17.8 Å². The fourth-order valence-corrected chi connectivity index (χ4v) is 4.16. The number of hydrogen-bond donors (Lipinski definition) is 1. The minimum absolute atomic E-state index is 0.0620. The quantitative estimate of drug-likeness (QED) is 0.433. The van der Waals surface area contributed by atoms with Gasteiger partial charge in [0.05, 0.1) is 6.61 Å². The van der Waals surface area contributed by atoms with E-state index in [4.69, 9.17) is 14.6 Å². The van der Waals surface area contributed by atoms with Crippen molar-refractivity contribution in [3.05, 3.63) is 51.3 Å². The van der Waals surface area contributed by atoms with Crippen LogP contribution in [0.15, 0.2) is 33.3 Å². The Morgan fingerprint density at radius 1 is 1.35 bits per heavy atom. The molecule has 1 N–H and O–H groups in total. The SMILES string of the molecule is CCOC(=O)c1cc(CC)c(C=C2CC(C)CC(C)(C)N2C=CCC(=N)CC)oc1=O. The number of nitrogens with one attached hydrogen (secondary N) is 1. The topological polar surface area (TPSA) is 83.6 Å². The third-order valence-electron chi connectivity index (χ3n) is 5.64. The molecule has 1 unspecified atom stereocenters. The van der Waals surface area contributed by atoms with E-state index in [2.05, 4.69) is 31.9 Å². The third-order valence-corrected chi connectivity index (χ3v) is 5.64. The molecule has 170 valence electrons. The van der Waals surface area contributed by atoms with E-state index in [0.717, 1.165) is 30.5 Å². The van der Waals surface area contributed by atoms with Crippen LogP contribution in [0.1, 0.15) is 88.9 Å². The first-order valence-electron chi connectivity index (χ1n) is 11.2. The lowest BCUT2D eigenvalue weighted by Gasteiger charge is -2.46. The highest BCUT2D eigenvalue weighted by Crippen LogP contribution is 2.38. The standard InChI is InChI=1S/C25H36N2O4/c1-7-18-14-21(23(28)30-9-3)24(29)31-22(18)15-20-13-17(4)16-25(5,6)27(20)12-10-11-19(26)8-2/h10,12,14-15,17,26H,7-9,11,13,16H2,1-6H3. The van der Waals surface area contributed by atoms with E-state index in [1.54, 1.807) is 13.0 Å². The highest BCUT2D eigenvalue weighted by molar-refractivity contribution is 5.89. The van der Waals surface area contributed by atoms with E-state index < -0.39 is 11.6 Å². The van der Waals surface area contributed by atoms with Gasteiger partial charge in [0.15, 0.2) is 0 Å². The summed E-state index contributed by atoms with van der Waals surface area (Å²) in [4.78, 5) is 26.8. The van der Waals surface area contributed by atoms with Gasteiger partial charge in [-0.2, -0.15) is 0 Å². The number of piperidine rings is 1. The molecule has 2 rings (SSSR count). The van der Waals surface area contributed by atoms with E-state index in [1.807, 2.05) is 26.0 Å². The number of allylic oxidation sites excluding steroid dienone is 2. The van der Waals surface area contributed by atoms with Crippen LogP contribution < -0.4 is 5.63 Å². The summed E-state index contributed by atoms with van der Waals surface area (Å²) in [5, 5.41) is 7.90. The Balaban J connectivity index is 2.49. The Bertz CT molecular complexity index is 924. The zero-order valence-corrected chi connectivity index (χ0v) is 19.7. The smallest absolute Gasteiger partial charge is 0.350 e. The van der Waals surface area contributed by atoms with E-state index in [1.165, 1.54) is 0 Å². The van der Waals surface area contributed by atoms with E-state index in [0.29, 0.717) is 30.2 Å². The molecule has 0 aromatic carbocycles. The number of aryl methyl sites for hydroxylation is 1. The van der Waals surface area contributed by atoms with Gasteiger partial charge in [0.2, 0.25) is 0 Å². The second-order valence-corrected chi connectivity index (χ2v) is 8.79. The molecule has 2 heterocycles. The van der Waals surface area contributed by atoms with Crippen molar-refractivity contribution in [1.29, 1.82) is 5.41 Å². The number of carbonyl (C=O) groups is 1. The lowest BCUT2D eigenvalue weighted by molar-refractivity contribution is 0.0520. The molecule has 1 aromatic heterocycles. The van der Waals surface area contributed by atoms with Gasteiger partial charge in [-0.25, -0.2) is 9.59 Å². The van der Waals surface area contributed by atoms with E-state index >= 15 is 0 Å². The van der Waals surface area contributed by atoms with E-state index in [9.17, 15) is 9.59 Å². The Morgan fingerprint density at radius 3 is 2.68 bits per heavy atom. The predicted molar refractivity (Wildman–Crippen MR) is 124 cm³/mol. The van der Waals surface area contributed by atoms with Crippen molar-refractivity contribution in [3.8, 4) is 0 Å². The first-order valence-corrected chi connectivity index (χ1v) is 11.2. The van der Waals surface area contributed by atoms with Crippen LogP contribution in [-0.4, -0.2) is 28.7 Å². The molecule has 0 radical (unpaired) electrons. The fourth-order valence-electron chi connectivity index (χ4n) is 4.16. The van der Waals surface area contributed by atoms with Gasteiger partial charge >= 0.3 is 11.6 Å². The molecule has 0 amide bonds. The number of hydrogen-bond acceptors (Lipinski definition) is 6. The molecular weight excluding hydrogens is 392 g/mol. The number of esters is 1. The van der Waals surface area contributed by atoms with Crippen LogP contribution in [0, 0.1) is 11.3 Å². The summed E-state index contributed by atoms with van der Waals surface area (Å²) in [6.45, 7) is 12.5. The molecule has 31 heavy (non-hydrogen) atoms. The van der Waals surface area contributed by atoms with Crippen LogP contribution in [0.2, 0.25) is 0 Å². The minimum Gasteiger partial charge on any atom is -0.462 e. The van der Waals surface area contributed by atoms with Crippen LogP contribution >= 0.6 is 0 Å². The highest BCUT2D eigenvalue weighted by atomic mass is 16.5. The molecule has 0 aliphatic carbocycles. The number of likely N-dealkylation sites (tertiary alicyclic amines) is 1. The van der Waals surface area contributed by atoms with Gasteiger partial charge in [-0.3, -0.25) is 0 Å². The molecule has 1 aliphatic heterocycles. The summed E-state index contributed by atoms with van der Waals surface area (Å²) >= 11 is 0. The summed E-state index contributed by atoms with van der Waals surface area (Å²) in [6.07, 6.45) is 9.88. The molecule has 1 aliphatic rings. The maximum Gasteiger partial charge on any atom is 0.350 e. The number of ether oxygens (including phenoxy) is 1. The first kappa shape index (κ1) is 24.6. The lowest BCUT2D eigenvalue weighted by Crippen LogP contribution is -2.45. The summed E-state index contributed by atoms with van der Waals surface area (Å²) < 4.78 is 10.6. The van der Waals surface area contributed by atoms with Crippen molar-refractivity contribution in [2.24, 2.45) is 5.92 Å². The summed E-state index contributed by atoms with van der Waals surface area (Å²) in [7, 11) is 0. The molecular formula is C25H36N2O4. The van der Waals surface area contributed by atoms with Gasteiger partial charge in [0.1, 0.15) is 11.3 Å². The summed E-state index contributed by atoms with van der Waals surface area (Å²) in [5.74, 6) is 0.316. The van der Waals surface area contributed by atoms with Gasteiger partial charge in [-0.05, 0) is 64.0 Å². The molecule has 6 heteroatoms. The molecule has 6 nitrogen and oxygen atoms in total. The maximum atomic E-state index is 12.5. The molecule has 0 saturated carbocycles. The Hall–Kier alpha value is -2.63. The largest absolute Gasteiger partial charge is 0.462 e. The predicted octanol–water partition coefficient (Wildman–Crippen LogP) is 5.56. The Labute approximate surface area is 185 Å². The highest BCUT2D eigenvalue weighted by Gasteiger charge is 2.34. The van der Waals surface area contributed by atoms with Gasteiger partial charge < -0.3 is 19.5 Å². The Kier molecular flexibility index (Phi) is 8.43. The number of nitrogens with zero attached hydrogens (tertiary/aromatic N) is 1. The summed E-state index contributed by atoms with van der Waals surface area (Å²) in [6, 6.07) is 1.59. The molecule has 1 atom stereocenters. The van der Waals surface area contributed by atoms with Crippen molar-refractivity contribution in [2.45, 2.75) is 79.2 Å². The van der Waals surface area contributed by atoms with Crippen molar-refractivity contribution in [1.82, 2.24) is 4.90 Å². The average Bonchev–Trinajstić information content (AvgIpc) is 2.69. The summed E-state index contributed by atoms with van der Waals surface area (Å²) in [5.41, 5.74) is 1.70. The first-order chi connectivity index (χ1) is 14.6. The van der Waals surface area contributed by atoms with Crippen molar-refractivity contribution < 1.29 is 13.9 Å². The van der Waals surface area contributed by atoms with E-state index in [-0.39, 0.29) is 17.7 Å². The van der Waals surface area contributed by atoms with Crippen LogP contribution in [0.3, 0.4) is 0 Å². The maximum absolute atomic E-state index is 12.5. The van der Waals surface area contributed by atoms with Crippen molar-refractivity contribution in [2.75, 3.05) is 6.61 Å². The number of carbonyl (C=O) groups excluding carboxylic acids is 1. The second kappa shape index (κ2) is 10.6. The number of rotatable bonds is 8. The fraction of sp³-hybridized carbons (Fsp3) is 0.560. The normalized spacial score (nSPS) is 19.7. The minimum atomic E-state index is -0.677.